The third-order valence-electron chi connectivity index (χ3n) is 3.64. The number of halogens is 5. The van der Waals surface area contributed by atoms with E-state index in [9.17, 15) is 36.6 Å². The summed E-state index contributed by atoms with van der Waals surface area (Å²) in [4.78, 5) is 25.0. The summed E-state index contributed by atoms with van der Waals surface area (Å²) in [5, 5.41) is 16.7. The van der Waals surface area contributed by atoms with Gasteiger partial charge in [0.2, 0.25) is 5.91 Å². The Bertz CT molecular complexity index is 521. The third-order valence-corrected chi connectivity index (χ3v) is 5.93. The normalized spacial score (nSPS) is 26.8. The molecule has 2 rings (SSSR count). The van der Waals surface area contributed by atoms with Crippen molar-refractivity contribution < 1.29 is 41.8 Å². The van der Waals surface area contributed by atoms with Crippen LogP contribution in [0.25, 0.3) is 0 Å². The number of aliphatic hydroxyl groups is 1. The maximum Gasteiger partial charge on any atom is 0.456 e. The minimum absolute atomic E-state index is 0.00134. The Kier molecular flexibility index (Phi) is 5.45. The molecule has 138 valence electrons. The van der Waals surface area contributed by atoms with Gasteiger partial charge in [0.05, 0.1) is 5.88 Å². The highest BCUT2D eigenvalue weighted by Gasteiger charge is 2.65. The van der Waals surface area contributed by atoms with E-state index in [2.05, 4.69) is 0 Å². The van der Waals surface area contributed by atoms with Gasteiger partial charge in [0.15, 0.2) is 6.10 Å². The van der Waals surface area contributed by atoms with Crippen molar-refractivity contribution in [2.24, 2.45) is 0 Å². The first kappa shape index (κ1) is 19.4. The fourth-order valence-corrected chi connectivity index (χ4v) is 4.78. The van der Waals surface area contributed by atoms with Gasteiger partial charge in [-0.25, -0.2) is 4.79 Å². The fourth-order valence-electron chi connectivity index (χ4n) is 2.36. The van der Waals surface area contributed by atoms with Gasteiger partial charge in [-0.3, -0.25) is 9.69 Å². The Morgan fingerprint density at radius 3 is 2.33 bits per heavy atom. The number of aliphatic hydroxyl groups excluding tert-OH is 1. The molecule has 3 atom stereocenters. The van der Waals surface area contributed by atoms with Crippen LogP contribution >= 0.6 is 23.5 Å². The molecule has 0 aromatic rings. The number of hydrogen-bond acceptors (Lipinski definition) is 5. The average Bonchev–Trinajstić information content (AvgIpc) is 3.13. The zero-order chi connectivity index (χ0) is 18.3. The standard InChI is InChI=1S/C11H13F5N2O4S2/c12-10(13,11(14,15)16)6(19)8-17(1-2-24-8)7(20)5-3-23-4-18(5)9(21)22/h5-6,8,19H,1-4H2,(H,21,22). The number of nitrogens with zero attached hydrogens (tertiary/aromatic N) is 2. The summed E-state index contributed by atoms with van der Waals surface area (Å²) in [6, 6.07) is -1.17. The second-order valence-electron chi connectivity index (χ2n) is 5.13. The second kappa shape index (κ2) is 6.75. The summed E-state index contributed by atoms with van der Waals surface area (Å²) < 4.78 is 64.0. The van der Waals surface area contributed by atoms with E-state index in [0.29, 0.717) is 16.7 Å². The molecular weight excluding hydrogens is 383 g/mol. The molecule has 2 saturated heterocycles. The Balaban J connectivity index is 2.18. The molecule has 2 N–H and O–H groups in total. The van der Waals surface area contributed by atoms with E-state index in [1.54, 1.807) is 0 Å². The number of amides is 2. The molecule has 24 heavy (non-hydrogen) atoms. The predicted octanol–water partition coefficient (Wildman–Crippen LogP) is 1.50. The Labute approximate surface area is 141 Å². The van der Waals surface area contributed by atoms with Crippen molar-refractivity contribution in [1.29, 1.82) is 0 Å². The van der Waals surface area contributed by atoms with Crippen LogP contribution in [0.1, 0.15) is 0 Å². The molecule has 0 saturated carbocycles. The number of carbonyl (C=O) groups is 2. The van der Waals surface area contributed by atoms with Crippen LogP contribution in [0.2, 0.25) is 0 Å². The first-order chi connectivity index (χ1) is 11.0. The Morgan fingerprint density at radius 2 is 1.79 bits per heavy atom. The summed E-state index contributed by atoms with van der Waals surface area (Å²) in [6.45, 7) is -0.145. The topological polar surface area (TPSA) is 81.1 Å². The molecule has 0 spiro atoms. The monoisotopic (exact) mass is 396 g/mol. The molecule has 0 aromatic carbocycles. The molecule has 2 amide bonds. The molecular formula is C11H13F5N2O4S2. The average molecular weight is 396 g/mol. The lowest BCUT2D eigenvalue weighted by Gasteiger charge is -2.34. The van der Waals surface area contributed by atoms with Gasteiger partial charge in [-0.05, 0) is 0 Å². The van der Waals surface area contributed by atoms with Gasteiger partial charge in [-0.15, -0.1) is 23.5 Å². The van der Waals surface area contributed by atoms with E-state index < -0.39 is 41.6 Å². The van der Waals surface area contributed by atoms with Crippen molar-refractivity contribution in [3.8, 4) is 0 Å². The SMILES string of the molecule is O=C(O)N1CSCC1C(=O)N1CCSC1C(O)C(F)(F)C(F)(F)F. The Morgan fingerprint density at radius 1 is 1.17 bits per heavy atom. The van der Waals surface area contributed by atoms with E-state index in [0.717, 1.165) is 16.7 Å². The molecule has 13 heteroatoms. The zero-order valence-corrected chi connectivity index (χ0v) is 13.5. The number of rotatable bonds is 3. The van der Waals surface area contributed by atoms with E-state index in [4.69, 9.17) is 5.11 Å². The van der Waals surface area contributed by atoms with Crippen molar-refractivity contribution in [2.75, 3.05) is 23.9 Å². The van der Waals surface area contributed by atoms with Crippen LogP contribution < -0.4 is 0 Å². The largest absolute Gasteiger partial charge is 0.465 e. The number of carboxylic acid groups (broad SMARTS) is 1. The van der Waals surface area contributed by atoms with Crippen LogP contribution in [0.3, 0.4) is 0 Å². The summed E-state index contributed by atoms with van der Waals surface area (Å²) >= 11 is 1.73. The second-order valence-corrected chi connectivity index (χ2v) is 7.35. The molecule has 0 aromatic heterocycles. The molecule has 6 nitrogen and oxygen atoms in total. The number of carbonyl (C=O) groups excluding carboxylic acids is 1. The van der Waals surface area contributed by atoms with Crippen LogP contribution in [-0.4, -0.2) is 85.6 Å². The highest BCUT2D eigenvalue weighted by atomic mass is 32.2. The van der Waals surface area contributed by atoms with Crippen LogP contribution in [-0.2, 0) is 4.79 Å². The van der Waals surface area contributed by atoms with Gasteiger partial charge < -0.3 is 15.1 Å². The van der Waals surface area contributed by atoms with Gasteiger partial charge in [-0.1, -0.05) is 0 Å². The lowest BCUT2D eigenvalue weighted by Crippen LogP contribution is -2.58. The van der Waals surface area contributed by atoms with Crippen molar-refractivity contribution >= 4 is 35.5 Å². The van der Waals surface area contributed by atoms with Crippen LogP contribution in [0, 0.1) is 0 Å². The number of alkyl halides is 5. The van der Waals surface area contributed by atoms with E-state index in [1.165, 1.54) is 0 Å². The minimum Gasteiger partial charge on any atom is -0.465 e. The van der Waals surface area contributed by atoms with Crippen molar-refractivity contribution in [1.82, 2.24) is 9.80 Å². The lowest BCUT2D eigenvalue weighted by molar-refractivity contribution is -0.315. The van der Waals surface area contributed by atoms with Gasteiger partial charge in [-0.2, -0.15) is 22.0 Å². The van der Waals surface area contributed by atoms with Gasteiger partial charge in [0.1, 0.15) is 11.4 Å². The Hall–Kier alpha value is -0.950. The maximum absolute atomic E-state index is 13.4. The molecule has 2 aliphatic rings. The molecule has 2 aliphatic heterocycles. The van der Waals surface area contributed by atoms with Crippen LogP contribution in [0.4, 0.5) is 26.7 Å². The highest BCUT2D eigenvalue weighted by Crippen LogP contribution is 2.43. The summed E-state index contributed by atoms with van der Waals surface area (Å²) in [6.07, 6.45) is -10.5. The van der Waals surface area contributed by atoms with Gasteiger partial charge >= 0.3 is 18.2 Å². The molecule has 2 fully saturated rings. The van der Waals surface area contributed by atoms with E-state index in [-0.39, 0.29) is 23.9 Å². The van der Waals surface area contributed by atoms with E-state index in [1.807, 2.05) is 0 Å². The van der Waals surface area contributed by atoms with Crippen molar-refractivity contribution in [2.45, 2.75) is 29.6 Å². The summed E-state index contributed by atoms with van der Waals surface area (Å²) in [5.41, 5.74) is 0. The summed E-state index contributed by atoms with van der Waals surface area (Å²) in [7, 11) is 0. The van der Waals surface area contributed by atoms with Gasteiger partial charge in [0, 0.05) is 18.1 Å². The van der Waals surface area contributed by atoms with Gasteiger partial charge in [0.25, 0.3) is 0 Å². The smallest absolute Gasteiger partial charge is 0.456 e. The first-order valence-corrected chi connectivity index (χ1v) is 8.81. The minimum atomic E-state index is -5.96. The summed E-state index contributed by atoms with van der Waals surface area (Å²) in [5.74, 6) is -6.13. The molecule has 3 unspecified atom stereocenters. The number of thioether (sulfide) groups is 2. The predicted molar refractivity (Wildman–Crippen MR) is 75.9 cm³/mol. The number of hydrogen-bond donors (Lipinski definition) is 2. The lowest BCUT2D eigenvalue weighted by atomic mass is 10.1. The van der Waals surface area contributed by atoms with Crippen molar-refractivity contribution in [3.05, 3.63) is 0 Å². The highest BCUT2D eigenvalue weighted by molar-refractivity contribution is 8.00. The van der Waals surface area contributed by atoms with Crippen LogP contribution in [0.15, 0.2) is 0 Å². The van der Waals surface area contributed by atoms with Crippen LogP contribution in [0.5, 0.6) is 0 Å². The maximum atomic E-state index is 13.4. The van der Waals surface area contributed by atoms with Crippen molar-refractivity contribution in [3.63, 3.8) is 0 Å². The van der Waals surface area contributed by atoms with E-state index >= 15 is 0 Å². The fraction of sp³-hybridized carbons (Fsp3) is 0.818. The molecule has 0 bridgehead atoms. The quantitative estimate of drug-likeness (QED) is 0.704. The molecule has 0 radical (unpaired) electrons. The molecule has 0 aliphatic carbocycles. The zero-order valence-electron chi connectivity index (χ0n) is 11.9. The molecule has 2 heterocycles. The third kappa shape index (κ3) is 3.38. The first-order valence-electron chi connectivity index (χ1n) is 6.60.